The fourth-order valence-electron chi connectivity index (χ4n) is 5.67. The summed E-state index contributed by atoms with van der Waals surface area (Å²) in [5, 5.41) is 10.2. The van der Waals surface area contributed by atoms with E-state index in [2.05, 4.69) is 70.6 Å². The summed E-state index contributed by atoms with van der Waals surface area (Å²) in [7, 11) is 3.45. The van der Waals surface area contributed by atoms with Crippen LogP contribution in [0.2, 0.25) is 0 Å². The second-order valence-corrected chi connectivity index (χ2v) is 9.96. The fourth-order valence-corrected chi connectivity index (χ4v) is 5.67. The Labute approximate surface area is 218 Å². The van der Waals surface area contributed by atoms with Gasteiger partial charge in [0.2, 0.25) is 0 Å². The maximum absolute atomic E-state index is 5.71. The summed E-state index contributed by atoms with van der Waals surface area (Å²) in [6.07, 6.45) is 2.19. The van der Waals surface area contributed by atoms with Crippen LogP contribution in [0.3, 0.4) is 0 Å². The van der Waals surface area contributed by atoms with Crippen molar-refractivity contribution >= 4 is 16.5 Å². The van der Waals surface area contributed by atoms with Crippen LogP contribution in [0.5, 0.6) is 11.5 Å². The van der Waals surface area contributed by atoms with E-state index in [1.807, 2.05) is 24.3 Å². The number of rotatable bonds is 6. The number of hydrogen-bond acceptors (Lipinski definition) is 5. The van der Waals surface area contributed by atoms with Crippen LogP contribution in [0.15, 0.2) is 90.0 Å². The summed E-state index contributed by atoms with van der Waals surface area (Å²) in [4.78, 5) is 2.58. The molecule has 5 nitrogen and oxygen atoms in total. The number of piperidine rings is 1. The minimum atomic E-state index is 0.400. The van der Waals surface area contributed by atoms with Crippen LogP contribution in [-0.4, -0.2) is 49.0 Å². The van der Waals surface area contributed by atoms with Crippen LogP contribution in [0.1, 0.15) is 35.1 Å². The smallest absolute Gasteiger partial charge is 0.128 e. The Hall–Kier alpha value is -3.83. The lowest BCUT2D eigenvalue weighted by molar-refractivity contribution is 0.100. The average molecular weight is 492 g/mol. The average Bonchev–Trinajstić information content (AvgIpc) is 2.96. The Balaban J connectivity index is 1.22. The van der Waals surface area contributed by atoms with E-state index in [9.17, 15) is 0 Å². The molecule has 0 spiro atoms. The number of ether oxygens (including phenoxy) is 2. The Morgan fingerprint density at radius 1 is 0.784 bits per heavy atom. The molecule has 0 N–H and O–H groups in total. The van der Waals surface area contributed by atoms with E-state index < -0.39 is 0 Å². The number of para-hydroxylation sites is 1. The Kier molecular flexibility index (Phi) is 6.54. The van der Waals surface area contributed by atoms with Gasteiger partial charge in [0.05, 0.1) is 20.8 Å². The molecule has 0 unspecified atom stereocenters. The van der Waals surface area contributed by atoms with Gasteiger partial charge in [-0.25, -0.2) is 0 Å². The van der Waals surface area contributed by atoms with E-state index in [4.69, 9.17) is 14.6 Å². The first-order chi connectivity index (χ1) is 18.2. The lowest BCUT2D eigenvalue weighted by Gasteiger charge is -2.39. The monoisotopic (exact) mass is 491 g/mol. The standard InChI is InChI=1S/C32H33N3O2/c1-36-28-13-14-29-26(20-28)22-35(33-32(29)30-9-5-6-10-31(30)37-2)27-15-17-34(18-16-27)21-23-11-12-24-7-3-4-8-25(24)19-23/h3-14,19-20,27H,15-18,21-22H2,1-2H3. The van der Waals surface area contributed by atoms with Gasteiger partial charge >= 0.3 is 0 Å². The predicted molar refractivity (Wildman–Crippen MR) is 149 cm³/mol. The molecule has 0 radical (unpaired) electrons. The van der Waals surface area contributed by atoms with Gasteiger partial charge in [-0.2, -0.15) is 5.10 Å². The quantitative estimate of drug-likeness (QED) is 0.327. The summed E-state index contributed by atoms with van der Waals surface area (Å²) in [6.45, 7) is 3.92. The van der Waals surface area contributed by atoms with Gasteiger partial charge in [-0.3, -0.25) is 9.91 Å². The Morgan fingerprint density at radius 2 is 1.57 bits per heavy atom. The van der Waals surface area contributed by atoms with Crippen molar-refractivity contribution in [2.75, 3.05) is 27.3 Å². The lowest BCUT2D eigenvalue weighted by atomic mass is 9.94. The van der Waals surface area contributed by atoms with Gasteiger partial charge in [0.25, 0.3) is 0 Å². The third-order valence-corrected chi connectivity index (χ3v) is 7.69. The van der Waals surface area contributed by atoms with E-state index in [0.29, 0.717) is 6.04 Å². The van der Waals surface area contributed by atoms with Crippen molar-refractivity contribution in [3.8, 4) is 11.5 Å². The molecule has 4 aromatic rings. The van der Waals surface area contributed by atoms with Crippen LogP contribution >= 0.6 is 0 Å². The predicted octanol–water partition coefficient (Wildman–Crippen LogP) is 6.09. The van der Waals surface area contributed by atoms with Gasteiger partial charge in [-0.05, 0) is 71.1 Å². The van der Waals surface area contributed by atoms with Gasteiger partial charge in [0.15, 0.2) is 0 Å². The molecule has 6 rings (SSSR count). The molecule has 0 bridgehead atoms. The minimum absolute atomic E-state index is 0.400. The maximum Gasteiger partial charge on any atom is 0.128 e. The van der Waals surface area contributed by atoms with Crippen molar-refractivity contribution < 1.29 is 9.47 Å². The molecular formula is C32H33N3O2. The second kappa shape index (κ2) is 10.3. The molecule has 1 saturated heterocycles. The van der Waals surface area contributed by atoms with Crippen molar-refractivity contribution in [3.63, 3.8) is 0 Å². The molecule has 0 saturated carbocycles. The highest BCUT2D eigenvalue weighted by Crippen LogP contribution is 2.32. The van der Waals surface area contributed by atoms with E-state index in [1.165, 1.54) is 21.9 Å². The van der Waals surface area contributed by atoms with E-state index in [-0.39, 0.29) is 0 Å². The zero-order chi connectivity index (χ0) is 25.2. The number of nitrogens with zero attached hydrogens (tertiary/aromatic N) is 3. The summed E-state index contributed by atoms with van der Waals surface area (Å²) in [6, 6.07) is 30.3. The molecule has 37 heavy (non-hydrogen) atoms. The number of hydrazone groups is 1. The van der Waals surface area contributed by atoms with Crippen LogP contribution in [0.4, 0.5) is 0 Å². The van der Waals surface area contributed by atoms with Crippen LogP contribution < -0.4 is 9.47 Å². The zero-order valence-electron chi connectivity index (χ0n) is 21.6. The largest absolute Gasteiger partial charge is 0.497 e. The summed E-state index contributed by atoms with van der Waals surface area (Å²) in [5.41, 5.74) is 5.77. The van der Waals surface area contributed by atoms with Crippen molar-refractivity contribution in [2.45, 2.75) is 32.0 Å². The molecule has 0 aromatic heterocycles. The molecule has 0 amide bonds. The van der Waals surface area contributed by atoms with Gasteiger partial charge in [-0.15, -0.1) is 0 Å². The molecule has 2 heterocycles. The molecule has 4 aromatic carbocycles. The Bertz CT molecular complexity index is 1440. The molecule has 188 valence electrons. The highest BCUT2D eigenvalue weighted by molar-refractivity contribution is 6.15. The molecule has 0 aliphatic carbocycles. The first-order valence-corrected chi connectivity index (χ1v) is 13.1. The van der Waals surface area contributed by atoms with Crippen LogP contribution in [0, 0.1) is 0 Å². The number of fused-ring (bicyclic) bond motifs is 2. The van der Waals surface area contributed by atoms with Crippen LogP contribution in [0.25, 0.3) is 10.8 Å². The topological polar surface area (TPSA) is 37.3 Å². The van der Waals surface area contributed by atoms with E-state index in [1.54, 1.807) is 14.2 Å². The lowest BCUT2D eigenvalue weighted by Crippen LogP contribution is -2.44. The molecule has 2 aliphatic heterocycles. The molecule has 0 atom stereocenters. The summed E-state index contributed by atoms with van der Waals surface area (Å²) in [5.74, 6) is 1.72. The van der Waals surface area contributed by atoms with Gasteiger partial charge in [0.1, 0.15) is 17.2 Å². The number of benzene rings is 4. The number of likely N-dealkylation sites (tertiary alicyclic amines) is 1. The summed E-state index contributed by atoms with van der Waals surface area (Å²) < 4.78 is 11.3. The first kappa shape index (κ1) is 23.6. The highest BCUT2D eigenvalue weighted by Gasteiger charge is 2.29. The van der Waals surface area contributed by atoms with E-state index in [0.717, 1.165) is 67.4 Å². The fraction of sp³-hybridized carbons (Fsp3) is 0.281. The molecule has 2 aliphatic rings. The zero-order valence-corrected chi connectivity index (χ0v) is 21.6. The molecule has 1 fully saturated rings. The second-order valence-electron chi connectivity index (χ2n) is 9.96. The van der Waals surface area contributed by atoms with Gasteiger partial charge < -0.3 is 9.47 Å². The van der Waals surface area contributed by atoms with E-state index >= 15 is 0 Å². The highest BCUT2D eigenvalue weighted by atomic mass is 16.5. The molecule has 5 heteroatoms. The summed E-state index contributed by atoms with van der Waals surface area (Å²) >= 11 is 0. The van der Waals surface area contributed by atoms with Gasteiger partial charge in [-0.1, -0.05) is 48.5 Å². The van der Waals surface area contributed by atoms with Crippen molar-refractivity contribution in [1.82, 2.24) is 9.91 Å². The molecular weight excluding hydrogens is 458 g/mol. The minimum Gasteiger partial charge on any atom is -0.497 e. The SMILES string of the molecule is COc1ccc2c(c1)CN(C1CCN(Cc3ccc4ccccc4c3)CC1)N=C2c1ccccc1OC. The maximum atomic E-state index is 5.71. The van der Waals surface area contributed by atoms with Crippen molar-refractivity contribution in [2.24, 2.45) is 5.10 Å². The normalized spacial score (nSPS) is 16.4. The third-order valence-electron chi connectivity index (χ3n) is 7.69. The van der Waals surface area contributed by atoms with Crippen molar-refractivity contribution in [1.29, 1.82) is 0 Å². The number of hydrogen-bond donors (Lipinski definition) is 0. The van der Waals surface area contributed by atoms with Gasteiger partial charge in [0, 0.05) is 36.8 Å². The third kappa shape index (κ3) is 4.79. The Morgan fingerprint density at radius 3 is 2.38 bits per heavy atom. The van der Waals surface area contributed by atoms with Crippen molar-refractivity contribution in [3.05, 3.63) is 107 Å². The van der Waals surface area contributed by atoms with Crippen LogP contribution in [-0.2, 0) is 13.1 Å². The first-order valence-electron chi connectivity index (χ1n) is 13.1. The number of methoxy groups -OCH3 is 2.